The Balaban J connectivity index is 2.13. The van der Waals surface area contributed by atoms with Gasteiger partial charge in [0.25, 0.3) is 5.91 Å². The molecule has 0 aliphatic heterocycles. The lowest BCUT2D eigenvalue weighted by molar-refractivity contribution is 0.0997. The molecule has 0 saturated carbocycles. The van der Waals surface area contributed by atoms with Crippen molar-refractivity contribution >= 4 is 39.2 Å². The number of ether oxygens (including phenoxy) is 1. The maximum atomic E-state index is 12.8. The van der Waals surface area contributed by atoms with Gasteiger partial charge >= 0.3 is 0 Å². The van der Waals surface area contributed by atoms with Crippen LogP contribution in [-0.4, -0.2) is 29.6 Å². The Morgan fingerprint density at radius 2 is 2.04 bits per heavy atom. The van der Waals surface area contributed by atoms with E-state index < -0.39 is 0 Å². The summed E-state index contributed by atoms with van der Waals surface area (Å²) in [7, 11) is 1.66. The highest BCUT2D eigenvalue weighted by molar-refractivity contribution is 7.98. The van der Waals surface area contributed by atoms with Crippen LogP contribution in [0.15, 0.2) is 41.4 Å². The number of fused-ring (bicyclic) bond motifs is 1. The smallest absolute Gasteiger partial charge is 0.279 e. The van der Waals surface area contributed by atoms with Gasteiger partial charge in [0.2, 0.25) is 0 Å². The number of aromatic nitrogens is 1. The molecule has 6 heteroatoms. The summed E-state index contributed by atoms with van der Waals surface area (Å²) in [6, 6.07) is 11.9. The molecule has 0 unspecified atom stereocenters. The maximum Gasteiger partial charge on any atom is 0.279 e. The number of carbonyl (C=O) groups excluding carboxylic acids is 1. The number of carbonyl (C=O) groups is 1. The molecule has 0 radical (unpaired) electrons. The lowest BCUT2D eigenvalue weighted by atomic mass is 10.1. The number of hydrogen-bond donors (Lipinski definition) is 0. The van der Waals surface area contributed by atoms with Crippen LogP contribution in [0.25, 0.3) is 10.2 Å². The van der Waals surface area contributed by atoms with Crippen LogP contribution in [0, 0.1) is 13.8 Å². The fraction of sp³-hybridized carbons (Fsp3) is 0.300. The normalized spacial score (nSPS) is 11.9. The Bertz CT molecular complexity index is 1020. The third-order valence-electron chi connectivity index (χ3n) is 4.23. The van der Waals surface area contributed by atoms with Gasteiger partial charge in [-0.05, 0) is 49.9 Å². The second kappa shape index (κ2) is 8.10. The molecule has 0 atom stereocenters. The molecule has 4 nitrogen and oxygen atoms in total. The quantitative estimate of drug-likeness (QED) is 0.651. The molecule has 0 bridgehead atoms. The zero-order valence-corrected chi connectivity index (χ0v) is 17.0. The van der Waals surface area contributed by atoms with E-state index in [1.165, 1.54) is 11.3 Å². The van der Waals surface area contributed by atoms with Crippen molar-refractivity contribution in [1.29, 1.82) is 0 Å². The highest BCUT2D eigenvalue weighted by Gasteiger charge is 2.12. The molecule has 2 aromatic carbocycles. The molecule has 0 saturated heterocycles. The summed E-state index contributed by atoms with van der Waals surface area (Å²) in [4.78, 5) is 18.0. The SMILES string of the molecule is COc1ccc2c(c1)sc(=NC(=O)c1cc(C)ccc1C)n2CCSC. The van der Waals surface area contributed by atoms with Crippen LogP contribution in [0.2, 0.25) is 0 Å². The topological polar surface area (TPSA) is 43.6 Å². The molecule has 0 aliphatic carbocycles. The summed E-state index contributed by atoms with van der Waals surface area (Å²) < 4.78 is 8.52. The molecule has 136 valence electrons. The van der Waals surface area contributed by atoms with Crippen molar-refractivity contribution in [3.05, 3.63) is 57.9 Å². The average Bonchev–Trinajstić information content (AvgIpc) is 2.97. The summed E-state index contributed by atoms with van der Waals surface area (Å²) in [6.45, 7) is 4.74. The van der Waals surface area contributed by atoms with Gasteiger partial charge in [-0.1, -0.05) is 29.0 Å². The van der Waals surface area contributed by atoms with Gasteiger partial charge in [0.1, 0.15) is 5.75 Å². The van der Waals surface area contributed by atoms with Crippen LogP contribution in [-0.2, 0) is 6.54 Å². The second-order valence-electron chi connectivity index (χ2n) is 6.10. The van der Waals surface area contributed by atoms with Crippen molar-refractivity contribution in [2.75, 3.05) is 19.1 Å². The summed E-state index contributed by atoms with van der Waals surface area (Å²) in [6.07, 6.45) is 2.08. The summed E-state index contributed by atoms with van der Waals surface area (Å²) in [5.41, 5.74) is 3.75. The molecule has 0 spiro atoms. The molecule has 1 aromatic heterocycles. The van der Waals surface area contributed by atoms with E-state index in [2.05, 4.69) is 15.8 Å². The summed E-state index contributed by atoms with van der Waals surface area (Å²) in [5, 5.41) is 0. The minimum absolute atomic E-state index is 0.192. The van der Waals surface area contributed by atoms with Crippen molar-refractivity contribution in [2.45, 2.75) is 20.4 Å². The van der Waals surface area contributed by atoms with E-state index >= 15 is 0 Å². The van der Waals surface area contributed by atoms with Gasteiger partial charge in [-0.25, -0.2) is 0 Å². The first-order chi connectivity index (χ1) is 12.5. The number of amides is 1. The van der Waals surface area contributed by atoms with E-state index in [0.717, 1.165) is 44.2 Å². The van der Waals surface area contributed by atoms with Gasteiger partial charge in [-0.3, -0.25) is 4.79 Å². The number of rotatable bonds is 5. The number of nitrogens with zero attached hydrogens (tertiary/aromatic N) is 2. The molecular formula is C20H22N2O2S2. The summed E-state index contributed by atoms with van der Waals surface area (Å²) >= 11 is 3.30. The Morgan fingerprint density at radius 1 is 1.23 bits per heavy atom. The minimum Gasteiger partial charge on any atom is -0.497 e. The molecule has 3 rings (SSSR count). The van der Waals surface area contributed by atoms with E-state index in [1.54, 1.807) is 18.9 Å². The van der Waals surface area contributed by atoms with Crippen LogP contribution in [0.1, 0.15) is 21.5 Å². The first kappa shape index (κ1) is 18.7. The Labute approximate surface area is 161 Å². The van der Waals surface area contributed by atoms with Crippen LogP contribution in [0.5, 0.6) is 5.75 Å². The first-order valence-corrected chi connectivity index (χ1v) is 10.6. The Hall–Kier alpha value is -2.05. The van der Waals surface area contributed by atoms with Gasteiger partial charge in [-0.2, -0.15) is 16.8 Å². The van der Waals surface area contributed by atoms with Gasteiger partial charge in [-0.15, -0.1) is 0 Å². The first-order valence-electron chi connectivity index (χ1n) is 8.36. The van der Waals surface area contributed by atoms with Crippen LogP contribution >= 0.6 is 23.1 Å². The number of hydrogen-bond acceptors (Lipinski definition) is 4. The van der Waals surface area contributed by atoms with Crippen molar-refractivity contribution in [1.82, 2.24) is 4.57 Å². The van der Waals surface area contributed by atoms with E-state index in [1.807, 2.05) is 50.2 Å². The third kappa shape index (κ3) is 3.86. The van der Waals surface area contributed by atoms with Gasteiger partial charge < -0.3 is 9.30 Å². The van der Waals surface area contributed by atoms with Gasteiger partial charge in [0.15, 0.2) is 4.80 Å². The zero-order valence-electron chi connectivity index (χ0n) is 15.4. The Kier molecular flexibility index (Phi) is 5.84. The lowest BCUT2D eigenvalue weighted by Gasteiger charge is -2.05. The van der Waals surface area contributed by atoms with Crippen molar-refractivity contribution in [3.8, 4) is 5.75 Å². The highest BCUT2D eigenvalue weighted by Crippen LogP contribution is 2.23. The summed E-state index contributed by atoms with van der Waals surface area (Å²) in [5.74, 6) is 1.58. The van der Waals surface area contributed by atoms with Gasteiger partial charge in [0, 0.05) is 17.9 Å². The van der Waals surface area contributed by atoms with E-state index in [4.69, 9.17) is 4.74 Å². The molecule has 0 aliphatic rings. The van der Waals surface area contributed by atoms with E-state index in [9.17, 15) is 4.79 Å². The molecular weight excluding hydrogens is 364 g/mol. The predicted octanol–water partition coefficient (Wildman–Crippen LogP) is 4.43. The monoisotopic (exact) mass is 386 g/mol. The van der Waals surface area contributed by atoms with Crippen LogP contribution < -0.4 is 9.54 Å². The highest BCUT2D eigenvalue weighted by atomic mass is 32.2. The van der Waals surface area contributed by atoms with E-state index in [0.29, 0.717) is 5.56 Å². The Morgan fingerprint density at radius 3 is 2.77 bits per heavy atom. The molecule has 3 aromatic rings. The standard InChI is InChI=1S/C20H22N2O2S2/c1-13-5-6-14(2)16(11-13)19(23)21-20-22(9-10-25-4)17-8-7-15(24-3)12-18(17)26-20/h5-8,11-12H,9-10H2,1-4H3. The maximum absolute atomic E-state index is 12.8. The van der Waals surface area contributed by atoms with Gasteiger partial charge in [0.05, 0.1) is 17.3 Å². The second-order valence-corrected chi connectivity index (χ2v) is 8.09. The number of aryl methyl sites for hydroxylation is 3. The predicted molar refractivity (Wildman–Crippen MR) is 111 cm³/mol. The van der Waals surface area contributed by atoms with Crippen LogP contribution in [0.4, 0.5) is 0 Å². The van der Waals surface area contributed by atoms with Crippen molar-refractivity contribution in [3.63, 3.8) is 0 Å². The number of thiazole rings is 1. The lowest BCUT2D eigenvalue weighted by Crippen LogP contribution is -2.18. The molecule has 1 amide bonds. The molecule has 1 heterocycles. The molecule has 0 fully saturated rings. The molecule has 26 heavy (non-hydrogen) atoms. The van der Waals surface area contributed by atoms with Crippen LogP contribution in [0.3, 0.4) is 0 Å². The number of thioether (sulfide) groups is 1. The zero-order chi connectivity index (χ0) is 18.7. The number of methoxy groups -OCH3 is 1. The average molecular weight is 387 g/mol. The fourth-order valence-corrected chi connectivity index (χ4v) is 4.23. The number of benzene rings is 2. The molecule has 0 N–H and O–H groups in total. The van der Waals surface area contributed by atoms with E-state index in [-0.39, 0.29) is 5.91 Å². The fourth-order valence-electron chi connectivity index (χ4n) is 2.78. The van der Waals surface area contributed by atoms with Crippen molar-refractivity contribution in [2.24, 2.45) is 4.99 Å². The minimum atomic E-state index is -0.192. The third-order valence-corrected chi connectivity index (χ3v) is 5.86. The largest absolute Gasteiger partial charge is 0.497 e. The van der Waals surface area contributed by atoms with Crippen molar-refractivity contribution < 1.29 is 9.53 Å².